The number of benzene rings is 1. The SMILES string of the molecule is ClCCc1cccc2c1OCCO2. The summed E-state index contributed by atoms with van der Waals surface area (Å²) in [6.07, 6.45) is 0.827. The van der Waals surface area contributed by atoms with Gasteiger partial charge in [0.2, 0.25) is 0 Å². The molecule has 1 aromatic carbocycles. The van der Waals surface area contributed by atoms with Gasteiger partial charge < -0.3 is 9.47 Å². The Hall–Kier alpha value is -0.890. The minimum Gasteiger partial charge on any atom is -0.486 e. The Morgan fingerprint density at radius 1 is 1.23 bits per heavy atom. The van der Waals surface area contributed by atoms with E-state index < -0.39 is 0 Å². The molecule has 1 aliphatic heterocycles. The summed E-state index contributed by atoms with van der Waals surface area (Å²) in [5.74, 6) is 2.32. The zero-order valence-electron chi connectivity index (χ0n) is 7.25. The number of aryl methyl sites for hydroxylation is 1. The van der Waals surface area contributed by atoms with Gasteiger partial charge >= 0.3 is 0 Å². The van der Waals surface area contributed by atoms with Crippen LogP contribution in [0.25, 0.3) is 0 Å². The molecule has 2 nitrogen and oxygen atoms in total. The van der Waals surface area contributed by atoms with Crippen molar-refractivity contribution in [2.75, 3.05) is 19.1 Å². The summed E-state index contributed by atoms with van der Waals surface area (Å²) in [5.41, 5.74) is 1.13. The van der Waals surface area contributed by atoms with Crippen LogP contribution in [0.3, 0.4) is 0 Å². The van der Waals surface area contributed by atoms with E-state index in [2.05, 4.69) is 0 Å². The average Bonchev–Trinajstić information content (AvgIpc) is 2.19. The zero-order valence-corrected chi connectivity index (χ0v) is 8.01. The van der Waals surface area contributed by atoms with Crippen LogP contribution < -0.4 is 9.47 Å². The lowest BCUT2D eigenvalue weighted by Gasteiger charge is -2.20. The van der Waals surface area contributed by atoms with Crippen molar-refractivity contribution >= 4 is 11.6 Å². The van der Waals surface area contributed by atoms with Gasteiger partial charge in [0.05, 0.1) is 0 Å². The van der Waals surface area contributed by atoms with Crippen molar-refractivity contribution in [2.45, 2.75) is 6.42 Å². The Morgan fingerprint density at radius 3 is 2.92 bits per heavy atom. The molecule has 0 aromatic heterocycles. The number of ether oxygens (including phenoxy) is 2. The van der Waals surface area contributed by atoms with E-state index in [1.807, 2.05) is 18.2 Å². The summed E-state index contributed by atoms with van der Waals surface area (Å²) in [5, 5.41) is 0. The van der Waals surface area contributed by atoms with E-state index in [1.165, 1.54) is 0 Å². The van der Waals surface area contributed by atoms with Crippen LogP contribution in [0.5, 0.6) is 11.5 Å². The molecule has 0 saturated carbocycles. The Bertz CT molecular complexity index is 299. The van der Waals surface area contributed by atoms with E-state index in [1.54, 1.807) is 0 Å². The van der Waals surface area contributed by atoms with Crippen molar-refractivity contribution in [1.82, 2.24) is 0 Å². The molecule has 1 aliphatic rings. The third-order valence-corrected chi connectivity index (χ3v) is 2.20. The van der Waals surface area contributed by atoms with Crippen molar-refractivity contribution in [3.05, 3.63) is 23.8 Å². The first-order chi connectivity index (χ1) is 6.42. The second-order valence-electron chi connectivity index (χ2n) is 2.88. The standard InChI is InChI=1S/C10H11ClO2/c11-5-4-8-2-1-3-9-10(8)13-7-6-12-9/h1-3H,4-7H2. The van der Waals surface area contributed by atoms with Gasteiger partial charge in [-0.1, -0.05) is 12.1 Å². The molecule has 70 valence electrons. The predicted octanol–water partition coefficient (Wildman–Crippen LogP) is 2.24. The number of hydrogen-bond donors (Lipinski definition) is 0. The van der Waals surface area contributed by atoms with E-state index in [-0.39, 0.29) is 0 Å². The normalized spacial score (nSPS) is 14.2. The molecule has 0 N–H and O–H groups in total. The second-order valence-corrected chi connectivity index (χ2v) is 3.26. The number of para-hydroxylation sites is 1. The molecule has 0 amide bonds. The van der Waals surface area contributed by atoms with E-state index in [4.69, 9.17) is 21.1 Å². The number of alkyl halides is 1. The second kappa shape index (κ2) is 3.88. The van der Waals surface area contributed by atoms with Gasteiger partial charge in [-0.2, -0.15) is 0 Å². The van der Waals surface area contributed by atoms with Crippen molar-refractivity contribution in [2.24, 2.45) is 0 Å². The number of hydrogen-bond acceptors (Lipinski definition) is 2. The first-order valence-corrected chi connectivity index (χ1v) is 4.88. The van der Waals surface area contributed by atoms with Crippen molar-refractivity contribution in [1.29, 1.82) is 0 Å². The molecule has 0 saturated heterocycles. The maximum absolute atomic E-state index is 5.68. The molecular weight excluding hydrogens is 188 g/mol. The Balaban J connectivity index is 2.34. The van der Waals surface area contributed by atoms with Crippen molar-refractivity contribution in [3.63, 3.8) is 0 Å². The third kappa shape index (κ3) is 1.73. The molecule has 0 bridgehead atoms. The fourth-order valence-electron chi connectivity index (χ4n) is 1.43. The molecule has 0 unspecified atom stereocenters. The zero-order chi connectivity index (χ0) is 9.10. The monoisotopic (exact) mass is 198 g/mol. The molecule has 13 heavy (non-hydrogen) atoms. The van der Waals surface area contributed by atoms with Gasteiger partial charge in [-0.3, -0.25) is 0 Å². The van der Waals surface area contributed by atoms with Crippen LogP contribution in [0.4, 0.5) is 0 Å². The minimum atomic E-state index is 0.611. The van der Waals surface area contributed by atoms with Gasteiger partial charge in [-0.15, -0.1) is 11.6 Å². The molecule has 0 atom stereocenters. The fourth-order valence-corrected chi connectivity index (χ4v) is 1.64. The van der Waals surface area contributed by atoms with Gasteiger partial charge in [0.25, 0.3) is 0 Å². The van der Waals surface area contributed by atoms with Gasteiger partial charge in [0.15, 0.2) is 11.5 Å². The van der Waals surface area contributed by atoms with Crippen LogP contribution in [-0.4, -0.2) is 19.1 Å². The van der Waals surface area contributed by atoms with Crippen molar-refractivity contribution < 1.29 is 9.47 Å². The Morgan fingerprint density at radius 2 is 2.08 bits per heavy atom. The first-order valence-electron chi connectivity index (χ1n) is 4.35. The predicted molar refractivity (Wildman–Crippen MR) is 51.9 cm³/mol. The number of rotatable bonds is 2. The topological polar surface area (TPSA) is 18.5 Å². The summed E-state index contributed by atoms with van der Waals surface area (Å²) in [7, 11) is 0. The maximum atomic E-state index is 5.68. The highest BCUT2D eigenvalue weighted by molar-refractivity contribution is 6.18. The Kier molecular flexibility index (Phi) is 2.60. The van der Waals surface area contributed by atoms with Crippen LogP contribution in [0.15, 0.2) is 18.2 Å². The van der Waals surface area contributed by atoms with Gasteiger partial charge in [-0.25, -0.2) is 0 Å². The molecule has 2 rings (SSSR count). The lowest BCUT2D eigenvalue weighted by atomic mass is 10.1. The molecule has 0 fully saturated rings. The molecule has 0 spiro atoms. The average molecular weight is 199 g/mol. The van der Waals surface area contributed by atoms with Gasteiger partial charge in [0.1, 0.15) is 13.2 Å². The summed E-state index contributed by atoms with van der Waals surface area (Å²) in [4.78, 5) is 0. The van der Waals surface area contributed by atoms with E-state index in [9.17, 15) is 0 Å². The fraction of sp³-hybridized carbons (Fsp3) is 0.400. The highest BCUT2D eigenvalue weighted by Crippen LogP contribution is 2.33. The minimum absolute atomic E-state index is 0.611. The van der Waals surface area contributed by atoms with Crippen LogP contribution >= 0.6 is 11.6 Å². The van der Waals surface area contributed by atoms with Crippen LogP contribution in [0.1, 0.15) is 5.56 Å². The van der Waals surface area contributed by atoms with Gasteiger partial charge in [-0.05, 0) is 18.1 Å². The number of halogens is 1. The molecule has 3 heteroatoms. The van der Waals surface area contributed by atoms with Crippen LogP contribution in [-0.2, 0) is 6.42 Å². The molecular formula is C10H11ClO2. The first kappa shape index (κ1) is 8.70. The summed E-state index contributed by atoms with van der Waals surface area (Å²) < 4.78 is 11.0. The lowest BCUT2D eigenvalue weighted by Crippen LogP contribution is -2.16. The van der Waals surface area contributed by atoms with Crippen molar-refractivity contribution in [3.8, 4) is 11.5 Å². The Labute approximate surface area is 82.4 Å². The molecule has 1 heterocycles. The van der Waals surface area contributed by atoms with E-state index in [0.29, 0.717) is 19.1 Å². The smallest absolute Gasteiger partial charge is 0.164 e. The third-order valence-electron chi connectivity index (χ3n) is 2.01. The highest BCUT2D eigenvalue weighted by atomic mass is 35.5. The van der Waals surface area contributed by atoms with E-state index >= 15 is 0 Å². The largest absolute Gasteiger partial charge is 0.486 e. The summed E-state index contributed by atoms with van der Waals surface area (Å²) in [6, 6.07) is 5.91. The van der Waals surface area contributed by atoms with Crippen LogP contribution in [0.2, 0.25) is 0 Å². The summed E-state index contributed by atoms with van der Waals surface area (Å²) >= 11 is 5.68. The quantitative estimate of drug-likeness (QED) is 0.679. The van der Waals surface area contributed by atoms with Gasteiger partial charge in [0, 0.05) is 5.88 Å². The lowest BCUT2D eigenvalue weighted by molar-refractivity contribution is 0.170. The van der Waals surface area contributed by atoms with E-state index in [0.717, 1.165) is 23.5 Å². The highest BCUT2D eigenvalue weighted by Gasteiger charge is 2.14. The maximum Gasteiger partial charge on any atom is 0.164 e. The molecule has 0 aliphatic carbocycles. The van der Waals surface area contributed by atoms with Crippen LogP contribution in [0, 0.1) is 0 Å². The molecule has 1 aromatic rings. The summed E-state index contributed by atoms with van der Waals surface area (Å²) in [6.45, 7) is 1.27. The molecule has 0 radical (unpaired) electrons. The number of fused-ring (bicyclic) bond motifs is 1.